The van der Waals surface area contributed by atoms with E-state index in [2.05, 4.69) is 22.3 Å². The molecule has 0 spiro atoms. The summed E-state index contributed by atoms with van der Waals surface area (Å²) in [7, 11) is 3.65. The number of carbonyl (C=O) groups excluding carboxylic acids is 1. The fraction of sp³-hybridized carbons (Fsp3) is 0.533. The molecule has 1 amide bonds. The van der Waals surface area contributed by atoms with Gasteiger partial charge in [-0.1, -0.05) is 18.2 Å². The first-order valence-electron chi connectivity index (χ1n) is 6.83. The first-order chi connectivity index (χ1) is 9.74. The van der Waals surface area contributed by atoms with Crippen LogP contribution < -0.4 is 10.2 Å². The first kappa shape index (κ1) is 16.5. The van der Waals surface area contributed by atoms with Crippen LogP contribution in [0.2, 0.25) is 0 Å². The number of hydrogen-bond donors (Lipinski definition) is 1. The summed E-state index contributed by atoms with van der Waals surface area (Å²) in [5, 5.41) is 2.83. The molecular formula is C15H24N2O3. The van der Waals surface area contributed by atoms with E-state index < -0.39 is 0 Å². The van der Waals surface area contributed by atoms with Gasteiger partial charge in [0.25, 0.3) is 0 Å². The topological polar surface area (TPSA) is 50.8 Å². The van der Waals surface area contributed by atoms with Crippen molar-refractivity contribution in [1.29, 1.82) is 0 Å². The van der Waals surface area contributed by atoms with Crippen molar-refractivity contribution in [2.45, 2.75) is 6.42 Å². The fourth-order valence-electron chi connectivity index (χ4n) is 1.71. The predicted molar refractivity (Wildman–Crippen MR) is 80.0 cm³/mol. The number of ether oxygens (including phenoxy) is 2. The summed E-state index contributed by atoms with van der Waals surface area (Å²) >= 11 is 0. The molecule has 0 aliphatic heterocycles. The Morgan fingerprint density at radius 1 is 1.25 bits per heavy atom. The van der Waals surface area contributed by atoms with Gasteiger partial charge >= 0.3 is 0 Å². The minimum Gasteiger partial charge on any atom is -0.382 e. The van der Waals surface area contributed by atoms with E-state index in [1.165, 1.54) is 5.69 Å². The quantitative estimate of drug-likeness (QED) is 0.656. The lowest BCUT2D eigenvalue weighted by Crippen LogP contribution is -2.31. The average Bonchev–Trinajstić information content (AvgIpc) is 2.49. The Labute approximate surface area is 120 Å². The van der Waals surface area contributed by atoms with Crippen LogP contribution in [0.25, 0.3) is 0 Å². The third-order valence-corrected chi connectivity index (χ3v) is 2.85. The first-order valence-corrected chi connectivity index (χ1v) is 6.83. The van der Waals surface area contributed by atoms with Crippen LogP contribution >= 0.6 is 0 Å². The minimum absolute atomic E-state index is 0.0801. The van der Waals surface area contributed by atoms with E-state index in [9.17, 15) is 4.79 Å². The molecule has 0 radical (unpaired) electrons. The van der Waals surface area contributed by atoms with Crippen LogP contribution in [0.3, 0.4) is 0 Å². The standard InChI is InChI=1S/C15H24N2O3/c1-17(14-7-4-3-5-8-14)10-6-9-16-15(18)13-20-12-11-19-2/h3-5,7-8H,6,9-13H2,1-2H3,(H,16,18). The van der Waals surface area contributed by atoms with Crippen molar-refractivity contribution in [3.05, 3.63) is 30.3 Å². The van der Waals surface area contributed by atoms with Gasteiger partial charge in [0.15, 0.2) is 0 Å². The van der Waals surface area contributed by atoms with Crippen molar-refractivity contribution in [1.82, 2.24) is 5.32 Å². The predicted octanol–water partition coefficient (Wildman–Crippen LogP) is 1.29. The molecule has 1 rings (SSSR count). The molecule has 0 atom stereocenters. The van der Waals surface area contributed by atoms with Gasteiger partial charge in [0.1, 0.15) is 6.61 Å². The molecule has 0 heterocycles. The van der Waals surface area contributed by atoms with E-state index in [4.69, 9.17) is 9.47 Å². The number of amides is 1. The highest BCUT2D eigenvalue weighted by molar-refractivity contribution is 5.77. The van der Waals surface area contributed by atoms with Gasteiger partial charge in [-0.15, -0.1) is 0 Å². The van der Waals surface area contributed by atoms with E-state index in [1.807, 2.05) is 25.2 Å². The molecule has 1 N–H and O–H groups in total. The molecule has 5 nitrogen and oxygen atoms in total. The van der Waals surface area contributed by atoms with Crippen molar-refractivity contribution in [2.24, 2.45) is 0 Å². The zero-order chi connectivity index (χ0) is 14.6. The monoisotopic (exact) mass is 280 g/mol. The second kappa shape index (κ2) is 10.2. The SMILES string of the molecule is COCCOCC(=O)NCCCN(C)c1ccccc1. The number of anilines is 1. The second-order valence-corrected chi connectivity index (χ2v) is 4.51. The largest absolute Gasteiger partial charge is 0.382 e. The summed E-state index contributed by atoms with van der Waals surface area (Å²) in [6.07, 6.45) is 0.898. The third-order valence-electron chi connectivity index (χ3n) is 2.85. The second-order valence-electron chi connectivity index (χ2n) is 4.51. The Morgan fingerprint density at radius 3 is 2.70 bits per heavy atom. The molecule has 0 aliphatic rings. The lowest BCUT2D eigenvalue weighted by molar-refractivity contribution is -0.126. The highest BCUT2D eigenvalue weighted by atomic mass is 16.5. The summed E-state index contributed by atoms with van der Waals surface area (Å²) in [5.41, 5.74) is 1.18. The highest BCUT2D eigenvalue weighted by Gasteiger charge is 2.02. The smallest absolute Gasteiger partial charge is 0.246 e. The van der Waals surface area contributed by atoms with Crippen LogP contribution in [-0.4, -0.2) is 53.0 Å². The maximum Gasteiger partial charge on any atom is 0.246 e. The number of para-hydroxylation sites is 1. The molecule has 0 saturated heterocycles. The number of nitrogens with zero attached hydrogens (tertiary/aromatic N) is 1. The number of rotatable bonds is 10. The van der Waals surface area contributed by atoms with E-state index in [-0.39, 0.29) is 12.5 Å². The number of carbonyl (C=O) groups is 1. The fourth-order valence-corrected chi connectivity index (χ4v) is 1.71. The van der Waals surface area contributed by atoms with Crippen LogP contribution in [0, 0.1) is 0 Å². The molecule has 0 saturated carbocycles. The van der Waals surface area contributed by atoms with Crippen LogP contribution in [0.15, 0.2) is 30.3 Å². The van der Waals surface area contributed by atoms with Gasteiger partial charge in [-0.25, -0.2) is 0 Å². The number of nitrogens with one attached hydrogen (secondary N) is 1. The van der Waals surface area contributed by atoms with Crippen molar-refractivity contribution in [3.63, 3.8) is 0 Å². The molecule has 5 heteroatoms. The summed E-state index contributed by atoms with van der Waals surface area (Å²) in [6.45, 7) is 2.60. The molecule has 0 fully saturated rings. The normalized spacial score (nSPS) is 10.3. The number of methoxy groups -OCH3 is 1. The summed E-state index contributed by atoms with van der Waals surface area (Å²) in [5.74, 6) is -0.0801. The summed E-state index contributed by atoms with van der Waals surface area (Å²) in [6, 6.07) is 10.2. The highest BCUT2D eigenvalue weighted by Crippen LogP contribution is 2.10. The number of hydrogen-bond acceptors (Lipinski definition) is 4. The van der Waals surface area contributed by atoms with Gasteiger partial charge in [-0.2, -0.15) is 0 Å². The number of benzene rings is 1. The molecule has 0 unspecified atom stereocenters. The Balaban J connectivity index is 2.05. The van der Waals surface area contributed by atoms with Crippen molar-refractivity contribution in [2.75, 3.05) is 52.0 Å². The van der Waals surface area contributed by atoms with Crippen LogP contribution in [0.4, 0.5) is 5.69 Å². The van der Waals surface area contributed by atoms with E-state index in [0.29, 0.717) is 19.8 Å². The Kier molecular flexibility index (Phi) is 8.42. The van der Waals surface area contributed by atoms with Gasteiger partial charge in [0.2, 0.25) is 5.91 Å². The van der Waals surface area contributed by atoms with Crippen LogP contribution in [0.5, 0.6) is 0 Å². The molecule has 112 valence electrons. The van der Waals surface area contributed by atoms with Crippen LogP contribution in [0.1, 0.15) is 6.42 Å². The summed E-state index contributed by atoms with van der Waals surface area (Å²) < 4.78 is 9.96. The van der Waals surface area contributed by atoms with Crippen molar-refractivity contribution >= 4 is 11.6 Å². The molecule has 1 aromatic rings. The minimum atomic E-state index is -0.0801. The Bertz CT molecular complexity index is 371. The molecule has 0 bridgehead atoms. The zero-order valence-electron chi connectivity index (χ0n) is 12.3. The molecule has 20 heavy (non-hydrogen) atoms. The molecule has 0 aliphatic carbocycles. The van der Waals surface area contributed by atoms with Gasteiger partial charge < -0.3 is 19.7 Å². The zero-order valence-corrected chi connectivity index (χ0v) is 12.3. The van der Waals surface area contributed by atoms with Gasteiger partial charge in [-0.05, 0) is 18.6 Å². The third kappa shape index (κ3) is 7.11. The average molecular weight is 280 g/mol. The molecule has 1 aromatic carbocycles. The maximum atomic E-state index is 11.4. The maximum absolute atomic E-state index is 11.4. The van der Waals surface area contributed by atoms with E-state index >= 15 is 0 Å². The lowest BCUT2D eigenvalue weighted by Gasteiger charge is -2.19. The van der Waals surface area contributed by atoms with Gasteiger partial charge in [-0.3, -0.25) is 4.79 Å². The van der Waals surface area contributed by atoms with Crippen molar-refractivity contribution < 1.29 is 14.3 Å². The van der Waals surface area contributed by atoms with Crippen LogP contribution in [-0.2, 0) is 14.3 Å². The van der Waals surface area contributed by atoms with E-state index in [0.717, 1.165) is 13.0 Å². The summed E-state index contributed by atoms with van der Waals surface area (Å²) in [4.78, 5) is 13.6. The lowest BCUT2D eigenvalue weighted by atomic mass is 10.3. The van der Waals surface area contributed by atoms with Gasteiger partial charge in [0.05, 0.1) is 13.2 Å². The van der Waals surface area contributed by atoms with Gasteiger partial charge in [0, 0.05) is 32.9 Å². The van der Waals surface area contributed by atoms with Crippen molar-refractivity contribution in [3.8, 4) is 0 Å². The Morgan fingerprint density at radius 2 is 2.00 bits per heavy atom. The van der Waals surface area contributed by atoms with E-state index in [1.54, 1.807) is 7.11 Å². The molecular weight excluding hydrogens is 256 g/mol. The Hall–Kier alpha value is -1.59. The molecule has 0 aromatic heterocycles.